The number of nitrogens with zero attached hydrogens (tertiary/aromatic N) is 1. The van der Waals surface area contributed by atoms with E-state index in [-0.39, 0.29) is 0 Å². The molecule has 2 aliphatic rings. The van der Waals surface area contributed by atoms with Crippen LogP contribution in [0, 0.1) is 0 Å². The average molecular weight is 170 g/mol. The summed E-state index contributed by atoms with van der Waals surface area (Å²) in [6.45, 7) is 6.55. The summed E-state index contributed by atoms with van der Waals surface area (Å²) in [4.78, 5) is 2.44. The van der Waals surface area contributed by atoms with Crippen molar-refractivity contribution in [1.29, 1.82) is 0 Å². The van der Waals surface area contributed by atoms with E-state index in [1.165, 1.54) is 32.4 Å². The van der Waals surface area contributed by atoms with Crippen molar-refractivity contribution in [3.8, 4) is 0 Å². The van der Waals surface area contributed by atoms with Gasteiger partial charge < -0.3 is 10.2 Å². The molecule has 12 heavy (non-hydrogen) atoms. The highest BCUT2D eigenvalue weighted by atomic mass is 15.2. The molecule has 2 bridgehead atoms. The first-order chi connectivity index (χ1) is 5.84. The van der Waals surface area contributed by atoms with Crippen LogP contribution >= 0.6 is 0 Å². The van der Waals surface area contributed by atoms with Gasteiger partial charge in [0.2, 0.25) is 0 Å². The quantitative estimate of drug-likeness (QED) is 0.592. The van der Waals surface area contributed by atoms with Gasteiger partial charge in [0.1, 0.15) is 0 Å². The predicted molar refractivity (Wildman–Crippen MR) is 53.4 cm³/mol. The lowest BCUT2D eigenvalue weighted by atomic mass is 10.1. The minimum absolute atomic E-state index is 0.803. The van der Waals surface area contributed by atoms with Gasteiger partial charge in [-0.2, -0.15) is 0 Å². The molecule has 0 aromatic rings. The molecular weight excluding hydrogens is 148 g/mol. The molecule has 0 saturated carbocycles. The van der Waals surface area contributed by atoms with Crippen LogP contribution in [-0.4, -0.2) is 37.1 Å². The molecule has 0 aromatic heterocycles. The third kappa shape index (κ3) is 2.46. The highest BCUT2D eigenvalue weighted by molar-refractivity contribution is 4.88. The van der Waals surface area contributed by atoms with Crippen molar-refractivity contribution in [2.45, 2.75) is 45.2 Å². The lowest BCUT2D eigenvalue weighted by Crippen LogP contribution is -2.33. The number of rotatable bonds is 0. The second-order valence-corrected chi connectivity index (χ2v) is 3.69. The van der Waals surface area contributed by atoms with Gasteiger partial charge in [0.15, 0.2) is 0 Å². The van der Waals surface area contributed by atoms with Gasteiger partial charge in [-0.25, -0.2) is 0 Å². The molecule has 2 aliphatic heterocycles. The summed E-state index contributed by atoms with van der Waals surface area (Å²) < 4.78 is 0. The smallest absolute Gasteiger partial charge is 0.0198 e. The zero-order valence-corrected chi connectivity index (χ0v) is 8.64. The Bertz CT molecular complexity index is 125. The maximum atomic E-state index is 3.64. The molecule has 72 valence electrons. The van der Waals surface area contributed by atoms with Crippen LogP contribution in [0.25, 0.3) is 0 Å². The Balaban J connectivity index is 0.000000336. The summed E-state index contributed by atoms with van der Waals surface area (Å²) in [5.41, 5.74) is 0. The number of fused-ring (bicyclic) bond motifs is 2. The molecule has 0 aliphatic carbocycles. The predicted octanol–water partition coefficient (Wildman–Crippen LogP) is 1.47. The van der Waals surface area contributed by atoms with E-state index >= 15 is 0 Å². The molecule has 2 rings (SSSR count). The number of likely N-dealkylation sites (N-methyl/N-ethyl adjacent to an activating group) is 1. The highest BCUT2D eigenvalue weighted by Gasteiger charge is 2.27. The zero-order chi connectivity index (χ0) is 8.97. The first kappa shape index (κ1) is 10.0. The Morgan fingerprint density at radius 2 is 1.75 bits per heavy atom. The van der Waals surface area contributed by atoms with E-state index in [1.54, 1.807) is 0 Å². The topological polar surface area (TPSA) is 15.3 Å². The summed E-state index contributed by atoms with van der Waals surface area (Å²) in [6.07, 6.45) is 4.17. The fourth-order valence-corrected chi connectivity index (χ4v) is 2.12. The third-order valence-electron chi connectivity index (χ3n) is 2.73. The molecule has 0 radical (unpaired) electrons. The number of hydrogen-bond acceptors (Lipinski definition) is 2. The minimum Gasteiger partial charge on any atom is -0.310 e. The summed E-state index contributed by atoms with van der Waals surface area (Å²) in [5.74, 6) is 0. The lowest BCUT2D eigenvalue weighted by molar-refractivity contribution is 0.313. The maximum Gasteiger partial charge on any atom is 0.0198 e. The van der Waals surface area contributed by atoms with E-state index in [4.69, 9.17) is 0 Å². The fourth-order valence-electron chi connectivity index (χ4n) is 2.12. The Morgan fingerprint density at radius 3 is 2.50 bits per heavy atom. The Kier molecular flexibility index (Phi) is 4.02. The van der Waals surface area contributed by atoms with Crippen molar-refractivity contribution in [3.05, 3.63) is 0 Å². The third-order valence-corrected chi connectivity index (χ3v) is 2.73. The summed E-state index contributed by atoms with van der Waals surface area (Å²) in [7, 11) is 2.22. The first-order valence-electron chi connectivity index (χ1n) is 5.29. The molecule has 2 saturated heterocycles. The van der Waals surface area contributed by atoms with Gasteiger partial charge >= 0.3 is 0 Å². The van der Waals surface area contributed by atoms with Crippen LogP contribution in [0.1, 0.15) is 33.1 Å². The van der Waals surface area contributed by atoms with Crippen molar-refractivity contribution in [1.82, 2.24) is 10.2 Å². The van der Waals surface area contributed by atoms with Gasteiger partial charge in [0.05, 0.1) is 0 Å². The van der Waals surface area contributed by atoms with E-state index in [1.807, 2.05) is 13.8 Å². The second-order valence-electron chi connectivity index (χ2n) is 3.69. The van der Waals surface area contributed by atoms with E-state index in [2.05, 4.69) is 17.3 Å². The largest absolute Gasteiger partial charge is 0.310 e. The SMILES string of the molecule is CC.CN1CCC2CCC(C1)N2. The van der Waals surface area contributed by atoms with Gasteiger partial charge in [-0.05, 0) is 32.9 Å². The average Bonchev–Trinajstić information content (AvgIpc) is 2.43. The standard InChI is InChI=1S/C8H16N2.C2H6/c1-10-5-4-7-2-3-8(6-10)9-7;1-2/h7-9H,2-6H2,1H3;1-2H3. The molecule has 0 aromatic carbocycles. The number of hydrogen-bond donors (Lipinski definition) is 1. The van der Waals surface area contributed by atoms with Gasteiger partial charge in [-0.1, -0.05) is 13.8 Å². The van der Waals surface area contributed by atoms with Gasteiger partial charge in [0, 0.05) is 18.6 Å². The zero-order valence-electron chi connectivity index (χ0n) is 8.64. The molecule has 2 fully saturated rings. The second kappa shape index (κ2) is 4.83. The van der Waals surface area contributed by atoms with E-state index < -0.39 is 0 Å². The lowest BCUT2D eigenvalue weighted by Gasteiger charge is -2.17. The van der Waals surface area contributed by atoms with Crippen LogP contribution in [0.15, 0.2) is 0 Å². The summed E-state index contributed by atoms with van der Waals surface area (Å²) in [6, 6.07) is 1.65. The molecule has 0 amide bonds. The number of nitrogens with one attached hydrogen (secondary N) is 1. The van der Waals surface area contributed by atoms with Crippen LogP contribution in [0.2, 0.25) is 0 Å². The molecule has 2 heteroatoms. The normalized spacial score (nSPS) is 35.2. The first-order valence-corrected chi connectivity index (χ1v) is 5.29. The van der Waals surface area contributed by atoms with Crippen LogP contribution < -0.4 is 5.32 Å². The molecule has 0 spiro atoms. The van der Waals surface area contributed by atoms with E-state index in [9.17, 15) is 0 Å². The van der Waals surface area contributed by atoms with Crippen LogP contribution in [0.4, 0.5) is 0 Å². The summed E-state index contributed by atoms with van der Waals surface area (Å²) >= 11 is 0. The molecule has 1 N–H and O–H groups in total. The minimum atomic E-state index is 0.803. The monoisotopic (exact) mass is 170 g/mol. The van der Waals surface area contributed by atoms with Crippen LogP contribution in [-0.2, 0) is 0 Å². The van der Waals surface area contributed by atoms with Gasteiger partial charge in [0.25, 0.3) is 0 Å². The molecule has 2 unspecified atom stereocenters. The number of likely N-dealkylation sites (tertiary alicyclic amines) is 1. The Morgan fingerprint density at radius 1 is 1.08 bits per heavy atom. The van der Waals surface area contributed by atoms with Crippen molar-refractivity contribution >= 4 is 0 Å². The van der Waals surface area contributed by atoms with Crippen molar-refractivity contribution in [3.63, 3.8) is 0 Å². The molecule has 2 nitrogen and oxygen atoms in total. The maximum absolute atomic E-state index is 3.64. The fraction of sp³-hybridized carbons (Fsp3) is 1.00. The molecule has 2 heterocycles. The Labute approximate surface area is 76.3 Å². The van der Waals surface area contributed by atoms with E-state index in [0.29, 0.717) is 0 Å². The molecular formula is C10H22N2. The van der Waals surface area contributed by atoms with Gasteiger partial charge in [-0.15, -0.1) is 0 Å². The van der Waals surface area contributed by atoms with Crippen LogP contribution in [0.5, 0.6) is 0 Å². The van der Waals surface area contributed by atoms with Crippen molar-refractivity contribution in [2.75, 3.05) is 20.1 Å². The van der Waals surface area contributed by atoms with E-state index in [0.717, 1.165) is 12.1 Å². The highest BCUT2D eigenvalue weighted by Crippen LogP contribution is 2.18. The Hall–Kier alpha value is -0.0800. The van der Waals surface area contributed by atoms with Crippen molar-refractivity contribution in [2.24, 2.45) is 0 Å². The van der Waals surface area contributed by atoms with Crippen molar-refractivity contribution < 1.29 is 0 Å². The van der Waals surface area contributed by atoms with Crippen LogP contribution in [0.3, 0.4) is 0 Å². The van der Waals surface area contributed by atoms with Gasteiger partial charge in [-0.3, -0.25) is 0 Å². The summed E-state index contributed by atoms with van der Waals surface area (Å²) in [5, 5.41) is 3.64. The molecule has 2 atom stereocenters.